The number of rotatable bonds is 7. The standard InChI is InChI=1S/C14H29N3O2/c1-5-15-6-7-17-8-9-19-13(11-17)10-16(4)14(18)12(2)3/h12-13,15H,5-11H2,1-4H3/t13-/m0/s1. The molecule has 1 aliphatic rings. The summed E-state index contributed by atoms with van der Waals surface area (Å²) in [5, 5.41) is 3.34. The molecule has 0 aromatic heterocycles. The lowest BCUT2D eigenvalue weighted by Crippen LogP contribution is -2.49. The lowest BCUT2D eigenvalue weighted by molar-refractivity contribution is -0.136. The molecule has 112 valence electrons. The zero-order valence-electron chi connectivity index (χ0n) is 12.8. The minimum absolute atomic E-state index is 0.0541. The number of morpholine rings is 1. The third-order valence-electron chi connectivity index (χ3n) is 3.43. The number of carbonyl (C=O) groups is 1. The van der Waals surface area contributed by atoms with Crippen LogP contribution in [0.2, 0.25) is 0 Å². The first-order valence-corrected chi connectivity index (χ1v) is 7.34. The van der Waals surface area contributed by atoms with Gasteiger partial charge in [-0.25, -0.2) is 0 Å². The summed E-state index contributed by atoms with van der Waals surface area (Å²) in [4.78, 5) is 16.1. The molecule has 1 N–H and O–H groups in total. The van der Waals surface area contributed by atoms with Crippen molar-refractivity contribution in [2.24, 2.45) is 5.92 Å². The summed E-state index contributed by atoms with van der Waals surface area (Å²) in [6, 6.07) is 0. The van der Waals surface area contributed by atoms with Gasteiger partial charge in [-0.15, -0.1) is 0 Å². The van der Waals surface area contributed by atoms with Crippen molar-refractivity contribution >= 4 is 5.91 Å². The fourth-order valence-corrected chi connectivity index (χ4v) is 2.34. The highest BCUT2D eigenvalue weighted by Crippen LogP contribution is 2.08. The summed E-state index contributed by atoms with van der Waals surface area (Å²) >= 11 is 0. The van der Waals surface area contributed by atoms with E-state index in [1.165, 1.54) is 0 Å². The molecular weight excluding hydrogens is 242 g/mol. The lowest BCUT2D eigenvalue weighted by Gasteiger charge is -2.35. The van der Waals surface area contributed by atoms with Gasteiger partial charge in [0.1, 0.15) is 0 Å². The van der Waals surface area contributed by atoms with Gasteiger partial charge in [0.05, 0.1) is 12.7 Å². The van der Waals surface area contributed by atoms with E-state index in [-0.39, 0.29) is 17.9 Å². The van der Waals surface area contributed by atoms with Crippen molar-refractivity contribution in [3.63, 3.8) is 0 Å². The molecule has 1 atom stereocenters. The average molecular weight is 271 g/mol. The smallest absolute Gasteiger partial charge is 0.224 e. The number of nitrogens with one attached hydrogen (secondary N) is 1. The van der Waals surface area contributed by atoms with Crippen molar-refractivity contribution in [3.05, 3.63) is 0 Å². The molecule has 0 saturated carbocycles. The largest absolute Gasteiger partial charge is 0.374 e. The van der Waals surface area contributed by atoms with E-state index in [9.17, 15) is 4.79 Å². The Morgan fingerprint density at radius 3 is 2.89 bits per heavy atom. The fraction of sp³-hybridized carbons (Fsp3) is 0.929. The Labute approximate surface area is 117 Å². The van der Waals surface area contributed by atoms with Crippen LogP contribution in [0.1, 0.15) is 20.8 Å². The number of carbonyl (C=O) groups excluding carboxylic acids is 1. The summed E-state index contributed by atoms with van der Waals surface area (Å²) < 4.78 is 5.76. The van der Waals surface area contributed by atoms with E-state index in [2.05, 4.69) is 17.1 Å². The number of hydrogen-bond acceptors (Lipinski definition) is 4. The van der Waals surface area contributed by atoms with Crippen molar-refractivity contribution < 1.29 is 9.53 Å². The van der Waals surface area contributed by atoms with Crippen LogP contribution in [0.4, 0.5) is 0 Å². The Bertz CT molecular complexity index is 271. The quantitative estimate of drug-likeness (QED) is 0.681. The third kappa shape index (κ3) is 5.89. The van der Waals surface area contributed by atoms with Crippen molar-refractivity contribution in [2.75, 3.05) is 52.9 Å². The maximum Gasteiger partial charge on any atom is 0.224 e. The van der Waals surface area contributed by atoms with Crippen LogP contribution < -0.4 is 5.32 Å². The second-order valence-electron chi connectivity index (χ2n) is 5.52. The van der Waals surface area contributed by atoms with E-state index in [0.29, 0.717) is 6.54 Å². The molecular formula is C14H29N3O2. The summed E-state index contributed by atoms with van der Waals surface area (Å²) in [5.41, 5.74) is 0. The molecule has 1 amide bonds. The molecule has 1 rings (SSSR count). The number of likely N-dealkylation sites (N-methyl/N-ethyl adjacent to an activating group) is 2. The van der Waals surface area contributed by atoms with E-state index in [1.54, 1.807) is 4.90 Å². The molecule has 1 saturated heterocycles. The minimum atomic E-state index is 0.0541. The van der Waals surface area contributed by atoms with Gasteiger partial charge in [-0.3, -0.25) is 9.69 Å². The molecule has 1 fully saturated rings. The van der Waals surface area contributed by atoms with Crippen LogP contribution in [0.15, 0.2) is 0 Å². The van der Waals surface area contributed by atoms with Crippen molar-refractivity contribution in [2.45, 2.75) is 26.9 Å². The first-order chi connectivity index (χ1) is 9.04. The maximum absolute atomic E-state index is 11.9. The molecule has 5 heteroatoms. The lowest BCUT2D eigenvalue weighted by atomic mass is 10.2. The van der Waals surface area contributed by atoms with Crippen molar-refractivity contribution in [1.82, 2.24) is 15.1 Å². The monoisotopic (exact) mass is 271 g/mol. The van der Waals surface area contributed by atoms with Crippen LogP contribution in [0.25, 0.3) is 0 Å². The van der Waals surface area contributed by atoms with E-state index in [4.69, 9.17) is 4.74 Å². The van der Waals surface area contributed by atoms with Gasteiger partial charge in [-0.05, 0) is 6.54 Å². The molecule has 0 aliphatic carbocycles. The van der Waals surface area contributed by atoms with Crippen LogP contribution in [0.3, 0.4) is 0 Å². The van der Waals surface area contributed by atoms with E-state index < -0.39 is 0 Å². The van der Waals surface area contributed by atoms with Crippen LogP contribution in [0.5, 0.6) is 0 Å². The van der Waals surface area contributed by atoms with Crippen LogP contribution >= 0.6 is 0 Å². The Hall–Kier alpha value is -0.650. The summed E-state index contributed by atoms with van der Waals surface area (Å²) in [6.45, 7) is 12.4. The molecule has 1 heterocycles. The summed E-state index contributed by atoms with van der Waals surface area (Å²) in [5.74, 6) is 0.242. The third-order valence-corrected chi connectivity index (χ3v) is 3.43. The van der Waals surface area contributed by atoms with Gasteiger partial charge in [0.2, 0.25) is 5.91 Å². The Morgan fingerprint density at radius 2 is 2.26 bits per heavy atom. The fourth-order valence-electron chi connectivity index (χ4n) is 2.34. The SMILES string of the molecule is CCNCCN1CCO[C@@H](CN(C)C(=O)C(C)C)C1. The van der Waals surface area contributed by atoms with Crippen molar-refractivity contribution in [1.29, 1.82) is 0 Å². The van der Waals surface area contributed by atoms with Gasteiger partial charge in [0.25, 0.3) is 0 Å². The highest BCUT2D eigenvalue weighted by atomic mass is 16.5. The zero-order valence-corrected chi connectivity index (χ0v) is 12.8. The van der Waals surface area contributed by atoms with Crippen LogP contribution in [0, 0.1) is 5.92 Å². The first-order valence-electron chi connectivity index (χ1n) is 7.34. The highest BCUT2D eigenvalue weighted by Gasteiger charge is 2.23. The van der Waals surface area contributed by atoms with Gasteiger partial charge in [0.15, 0.2) is 0 Å². The number of amides is 1. The predicted octanol–water partition coefficient (Wildman–Crippen LogP) is 0.411. The first kappa shape index (κ1) is 16.4. The van der Waals surface area contributed by atoms with Crippen LogP contribution in [-0.2, 0) is 9.53 Å². The normalized spacial score (nSPS) is 20.8. The summed E-state index contributed by atoms with van der Waals surface area (Å²) in [7, 11) is 1.86. The Kier molecular flexibility index (Phi) is 7.34. The van der Waals surface area contributed by atoms with Gasteiger partial charge in [0, 0.05) is 45.7 Å². The van der Waals surface area contributed by atoms with Gasteiger partial charge >= 0.3 is 0 Å². The molecule has 0 spiro atoms. The molecule has 0 unspecified atom stereocenters. The van der Waals surface area contributed by atoms with Gasteiger partial charge in [-0.2, -0.15) is 0 Å². The highest BCUT2D eigenvalue weighted by molar-refractivity contribution is 5.77. The predicted molar refractivity (Wildman–Crippen MR) is 77.2 cm³/mol. The molecule has 0 radical (unpaired) electrons. The topological polar surface area (TPSA) is 44.8 Å². The second kappa shape index (κ2) is 8.51. The Balaban J connectivity index is 2.32. The molecule has 0 bridgehead atoms. The Morgan fingerprint density at radius 1 is 1.53 bits per heavy atom. The summed E-state index contributed by atoms with van der Waals surface area (Å²) in [6.07, 6.45) is 0.142. The molecule has 0 aromatic carbocycles. The number of nitrogens with zero attached hydrogens (tertiary/aromatic N) is 2. The van der Waals surface area contributed by atoms with E-state index in [1.807, 2.05) is 20.9 Å². The second-order valence-corrected chi connectivity index (χ2v) is 5.52. The number of ether oxygens (including phenoxy) is 1. The van der Waals surface area contributed by atoms with Gasteiger partial charge in [-0.1, -0.05) is 20.8 Å². The van der Waals surface area contributed by atoms with Crippen molar-refractivity contribution in [3.8, 4) is 0 Å². The molecule has 1 aliphatic heterocycles. The number of hydrogen-bond donors (Lipinski definition) is 1. The molecule has 19 heavy (non-hydrogen) atoms. The van der Waals surface area contributed by atoms with Crippen LogP contribution in [-0.4, -0.2) is 74.7 Å². The average Bonchev–Trinajstić information content (AvgIpc) is 2.38. The molecule has 0 aromatic rings. The maximum atomic E-state index is 11.9. The van der Waals surface area contributed by atoms with E-state index in [0.717, 1.165) is 39.3 Å². The minimum Gasteiger partial charge on any atom is -0.374 e. The zero-order chi connectivity index (χ0) is 14.3. The molecule has 5 nitrogen and oxygen atoms in total. The van der Waals surface area contributed by atoms with E-state index >= 15 is 0 Å². The van der Waals surface area contributed by atoms with Gasteiger partial charge < -0.3 is 15.0 Å².